The third kappa shape index (κ3) is 2.91. The molecule has 0 saturated heterocycles. The maximum Gasteiger partial charge on any atom is 0.313 e. The molecular formula is C14H11ClN2O3S. The molecule has 0 saturated carbocycles. The topological polar surface area (TPSA) is 68.3 Å². The number of benzene rings is 1. The molecule has 0 aliphatic heterocycles. The summed E-state index contributed by atoms with van der Waals surface area (Å²) in [7, 11) is 0. The number of hydrogen-bond donors (Lipinski definition) is 1. The number of furan rings is 1. The Morgan fingerprint density at radius 3 is 3.00 bits per heavy atom. The number of thioether (sulfide) groups is 1. The first-order valence-electron chi connectivity index (χ1n) is 6.15. The third-order valence-corrected chi connectivity index (χ3v) is 4.21. The fraction of sp³-hybridized carbons (Fsp3) is 0.143. The van der Waals surface area contributed by atoms with Crippen molar-refractivity contribution in [3.8, 4) is 0 Å². The highest BCUT2D eigenvalue weighted by molar-refractivity contribution is 7.99. The molecule has 0 aliphatic carbocycles. The average Bonchev–Trinajstić information content (AvgIpc) is 3.07. The molecule has 2 heterocycles. The van der Waals surface area contributed by atoms with E-state index in [9.17, 15) is 4.79 Å². The molecule has 0 fully saturated rings. The van der Waals surface area contributed by atoms with Crippen molar-refractivity contribution in [1.29, 1.82) is 0 Å². The molecule has 0 amide bonds. The van der Waals surface area contributed by atoms with E-state index in [0.717, 1.165) is 11.1 Å². The quantitative estimate of drug-likeness (QED) is 0.728. The molecule has 2 aromatic heterocycles. The zero-order valence-corrected chi connectivity index (χ0v) is 12.4. The van der Waals surface area contributed by atoms with Crippen LogP contribution in [0.2, 0.25) is 5.02 Å². The fourth-order valence-corrected chi connectivity index (χ4v) is 2.98. The van der Waals surface area contributed by atoms with Crippen molar-refractivity contribution in [2.24, 2.45) is 0 Å². The average molecular weight is 323 g/mol. The van der Waals surface area contributed by atoms with E-state index >= 15 is 0 Å². The van der Waals surface area contributed by atoms with E-state index in [0.29, 0.717) is 22.2 Å². The number of carboxylic acid groups (broad SMARTS) is 1. The number of aromatic nitrogens is 2. The molecule has 0 atom stereocenters. The summed E-state index contributed by atoms with van der Waals surface area (Å²) < 4.78 is 7.02. The lowest BCUT2D eigenvalue weighted by molar-refractivity contribution is -0.133. The smallest absolute Gasteiger partial charge is 0.313 e. The summed E-state index contributed by atoms with van der Waals surface area (Å²) >= 11 is 7.34. The van der Waals surface area contributed by atoms with Crippen LogP contribution < -0.4 is 0 Å². The van der Waals surface area contributed by atoms with Crippen molar-refractivity contribution in [2.75, 3.05) is 5.75 Å². The highest BCUT2D eigenvalue weighted by Crippen LogP contribution is 2.29. The third-order valence-electron chi connectivity index (χ3n) is 2.94. The highest BCUT2D eigenvalue weighted by Gasteiger charge is 2.15. The summed E-state index contributed by atoms with van der Waals surface area (Å²) in [5.74, 6) is -0.931. The number of carbonyl (C=O) groups is 1. The van der Waals surface area contributed by atoms with Crippen LogP contribution in [0, 0.1) is 0 Å². The molecule has 21 heavy (non-hydrogen) atoms. The lowest BCUT2D eigenvalue weighted by Gasteiger charge is -2.06. The molecule has 1 N–H and O–H groups in total. The molecule has 0 bridgehead atoms. The van der Waals surface area contributed by atoms with E-state index in [1.165, 1.54) is 11.8 Å². The van der Waals surface area contributed by atoms with Gasteiger partial charge in [0.15, 0.2) is 5.16 Å². The maximum atomic E-state index is 10.8. The number of nitrogens with zero attached hydrogens (tertiary/aromatic N) is 2. The minimum atomic E-state index is -0.881. The minimum absolute atomic E-state index is 0.0493. The summed E-state index contributed by atoms with van der Waals surface area (Å²) in [6, 6.07) is 7.40. The van der Waals surface area contributed by atoms with Crippen molar-refractivity contribution < 1.29 is 14.3 Å². The Labute approximate surface area is 129 Å². The number of hydrogen-bond acceptors (Lipinski definition) is 4. The van der Waals surface area contributed by atoms with Gasteiger partial charge in [0.2, 0.25) is 0 Å². The van der Waals surface area contributed by atoms with E-state index in [-0.39, 0.29) is 5.75 Å². The summed E-state index contributed by atoms with van der Waals surface area (Å²) in [5, 5.41) is 10.0. The fourth-order valence-electron chi connectivity index (χ4n) is 2.05. The Kier molecular flexibility index (Phi) is 3.90. The van der Waals surface area contributed by atoms with Crippen LogP contribution in [0.4, 0.5) is 0 Å². The molecule has 1 aromatic carbocycles. The van der Waals surface area contributed by atoms with Gasteiger partial charge in [0, 0.05) is 5.56 Å². The predicted molar refractivity (Wildman–Crippen MR) is 80.9 cm³/mol. The first kappa shape index (κ1) is 14.0. The van der Waals surface area contributed by atoms with Gasteiger partial charge in [-0.1, -0.05) is 29.4 Å². The lowest BCUT2D eigenvalue weighted by Crippen LogP contribution is -2.04. The number of fused-ring (bicyclic) bond motifs is 1. The second-order valence-electron chi connectivity index (χ2n) is 4.40. The van der Waals surface area contributed by atoms with Gasteiger partial charge in [-0.15, -0.1) is 0 Å². The van der Waals surface area contributed by atoms with E-state index < -0.39 is 5.97 Å². The zero-order chi connectivity index (χ0) is 14.8. The molecule has 0 unspecified atom stereocenters. The van der Waals surface area contributed by atoms with Crippen LogP contribution in [0.3, 0.4) is 0 Å². The van der Waals surface area contributed by atoms with E-state index in [1.807, 2.05) is 22.8 Å². The van der Waals surface area contributed by atoms with Gasteiger partial charge in [-0.2, -0.15) is 0 Å². The first-order chi connectivity index (χ1) is 10.1. The summed E-state index contributed by atoms with van der Waals surface area (Å²) in [5.41, 5.74) is 2.53. The van der Waals surface area contributed by atoms with Gasteiger partial charge in [-0.25, -0.2) is 4.98 Å². The lowest BCUT2D eigenvalue weighted by atomic mass is 10.3. The SMILES string of the molecule is O=C(O)CSc1nc2c(Cl)cccc2n1Cc1ccoc1. The van der Waals surface area contributed by atoms with Crippen molar-refractivity contribution in [1.82, 2.24) is 9.55 Å². The molecule has 0 aliphatic rings. The van der Waals surface area contributed by atoms with Crippen LogP contribution in [0.25, 0.3) is 11.0 Å². The summed E-state index contributed by atoms with van der Waals surface area (Å²) in [6.45, 7) is 0.551. The zero-order valence-electron chi connectivity index (χ0n) is 10.8. The van der Waals surface area contributed by atoms with Gasteiger partial charge in [0.25, 0.3) is 0 Å². The summed E-state index contributed by atoms with van der Waals surface area (Å²) in [4.78, 5) is 15.2. The van der Waals surface area contributed by atoms with Crippen LogP contribution in [-0.4, -0.2) is 26.4 Å². The number of imidazole rings is 1. The molecular weight excluding hydrogens is 312 g/mol. The monoisotopic (exact) mass is 322 g/mol. The Balaban J connectivity index is 2.06. The van der Waals surface area contributed by atoms with Gasteiger partial charge in [-0.3, -0.25) is 4.79 Å². The van der Waals surface area contributed by atoms with Crippen LogP contribution in [0.15, 0.2) is 46.4 Å². The van der Waals surface area contributed by atoms with Crippen molar-refractivity contribution in [3.05, 3.63) is 47.4 Å². The minimum Gasteiger partial charge on any atom is -0.481 e. The number of halogens is 1. The number of rotatable bonds is 5. The van der Waals surface area contributed by atoms with E-state index in [4.69, 9.17) is 21.1 Å². The molecule has 0 spiro atoms. The standard InChI is InChI=1S/C14H11ClN2O3S/c15-10-2-1-3-11-13(10)16-14(21-8-12(18)19)17(11)6-9-4-5-20-7-9/h1-5,7H,6,8H2,(H,18,19). The second kappa shape index (κ2) is 5.83. The molecule has 7 heteroatoms. The molecule has 108 valence electrons. The normalized spacial score (nSPS) is 11.1. The molecule has 0 radical (unpaired) electrons. The first-order valence-corrected chi connectivity index (χ1v) is 7.52. The molecule has 5 nitrogen and oxygen atoms in total. The summed E-state index contributed by atoms with van der Waals surface area (Å²) in [6.07, 6.45) is 3.26. The molecule has 3 rings (SSSR count). The van der Waals surface area contributed by atoms with E-state index in [2.05, 4.69) is 4.98 Å². The van der Waals surface area contributed by atoms with Gasteiger partial charge in [0.05, 0.1) is 35.4 Å². The number of aliphatic carboxylic acids is 1. The van der Waals surface area contributed by atoms with E-state index in [1.54, 1.807) is 18.6 Å². The maximum absolute atomic E-state index is 10.8. The van der Waals surface area contributed by atoms with Gasteiger partial charge in [0.1, 0.15) is 5.52 Å². The van der Waals surface area contributed by atoms with Gasteiger partial charge < -0.3 is 14.1 Å². The Morgan fingerprint density at radius 2 is 2.29 bits per heavy atom. The number of carboxylic acids is 1. The van der Waals surface area contributed by atoms with Gasteiger partial charge in [-0.05, 0) is 18.2 Å². The highest BCUT2D eigenvalue weighted by atomic mass is 35.5. The van der Waals surface area contributed by atoms with Crippen LogP contribution >= 0.6 is 23.4 Å². The van der Waals surface area contributed by atoms with Gasteiger partial charge >= 0.3 is 5.97 Å². The Bertz CT molecular complexity index is 783. The Hall–Kier alpha value is -1.92. The predicted octanol–water partition coefficient (Wildman–Crippen LogP) is 3.51. The Morgan fingerprint density at radius 1 is 1.43 bits per heavy atom. The van der Waals surface area contributed by atoms with Crippen LogP contribution in [-0.2, 0) is 11.3 Å². The number of para-hydroxylation sites is 1. The van der Waals surface area contributed by atoms with Crippen molar-refractivity contribution in [2.45, 2.75) is 11.7 Å². The molecule has 3 aromatic rings. The van der Waals surface area contributed by atoms with Crippen LogP contribution in [0.1, 0.15) is 5.56 Å². The van der Waals surface area contributed by atoms with Crippen molar-refractivity contribution in [3.63, 3.8) is 0 Å². The second-order valence-corrected chi connectivity index (χ2v) is 5.75. The van der Waals surface area contributed by atoms with Crippen molar-refractivity contribution >= 4 is 40.4 Å². The van der Waals surface area contributed by atoms with Crippen LogP contribution in [0.5, 0.6) is 0 Å². The largest absolute Gasteiger partial charge is 0.481 e.